The number of amides is 1. The summed E-state index contributed by atoms with van der Waals surface area (Å²) >= 11 is 0. The monoisotopic (exact) mass is 269 g/mol. The van der Waals surface area contributed by atoms with Gasteiger partial charge in [-0.2, -0.15) is 0 Å². The van der Waals surface area contributed by atoms with Crippen LogP contribution >= 0.6 is 0 Å². The van der Waals surface area contributed by atoms with E-state index in [2.05, 4.69) is 6.92 Å². The molecular formula is C15H27NO3. The minimum absolute atomic E-state index is 0.0302. The quantitative estimate of drug-likeness (QED) is 0.688. The van der Waals surface area contributed by atoms with E-state index in [9.17, 15) is 9.59 Å². The van der Waals surface area contributed by atoms with Gasteiger partial charge in [0.15, 0.2) is 0 Å². The second-order valence-electron chi connectivity index (χ2n) is 5.45. The van der Waals surface area contributed by atoms with Gasteiger partial charge in [0.25, 0.3) is 0 Å². The van der Waals surface area contributed by atoms with Crippen molar-refractivity contribution in [2.75, 3.05) is 6.54 Å². The number of nitrogens with zero attached hydrogens (tertiary/aromatic N) is 1. The van der Waals surface area contributed by atoms with Crippen molar-refractivity contribution in [3.63, 3.8) is 0 Å². The van der Waals surface area contributed by atoms with E-state index in [0.717, 1.165) is 25.7 Å². The van der Waals surface area contributed by atoms with Crippen LogP contribution in [0.4, 0.5) is 0 Å². The molecule has 0 aromatic carbocycles. The van der Waals surface area contributed by atoms with Crippen molar-refractivity contribution in [3.8, 4) is 0 Å². The van der Waals surface area contributed by atoms with Gasteiger partial charge in [-0.25, -0.2) is 4.79 Å². The molecule has 0 aliphatic carbocycles. The molecule has 1 aliphatic heterocycles. The lowest BCUT2D eigenvalue weighted by atomic mass is 10.0. The number of carboxylic acids is 1. The van der Waals surface area contributed by atoms with Gasteiger partial charge >= 0.3 is 5.97 Å². The summed E-state index contributed by atoms with van der Waals surface area (Å²) in [6.45, 7) is 2.80. The second kappa shape index (κ2) is 8.94. The van der Waals surface area contributed by atoms with Crippen molar-refractivity contribution in [3.05, 3.63) is 0 Å². The first-order valence-corrected chi connectivity index (χ1v) is 7.69. The molecular weight excluding hydrogens is 242 g/mol. The molecule has 1 rings (SSSR count). The minimum Gasteiger partial charge on any atom is -0.480 e. The summed E-state index contributed by atoms with van der Waals surface area (Å²) in [4.78, 5) is 24.8. The lowest BCUT2D eigenvalue weighted by Gasteiger charge is -2.33. The molecule has 1 N–H and O–H groups in total. The topological polar surface area (TPSA) is 57.6 Å². The Balaban J connectivity index is 2.25. The molecule has 0 bridgehead atoms. The van der Waals surface area contributed by atoms with Crippen LogP contribution in [0.2, 0.25) is 0 Å². The number of carbonyl (C=O) groups excluding carboxylic acids is 1. The molecule has 19 heavy (non-hydrogen) atoms. The number of unbranched alkanes of at least 4 members (excludes halogenated alkanes) is 5. The normalized spacial score (nSPS) is 19.4. The van der Waals surface area contributed by atoms with Crippen LogP contribution in [0.5, 0.6) is 0 Å². The first-order chi connectivity index (χ1) is 9.16. The average Bonchev–Trinajstić information content (AvgIpc) is 2.42. The van der Waals surface area contributed by atoms with Crippen LogP contribution in [-0.4, -0.2) is 34.5 Å². The van der Waals surface area contributed by atoms with E-state index in [0.29, 0.717) is 19.4 Å². The molecule has 4 nitrogen and oxygen atoms in total. The predicted octanol–water partition coefficient (Wildman–Crippen LogP) is 3.20. The van der Waals surface area contributed by atoms with Crippen molar-refractivity contribution in [1.29, 1.82) is 0 Å². The van der Waals surface area contributed by atoms with Crippen LogP contribution in [0.25, 0.3) is 0 Å². The van der Waals surface area contributed by atoms with E-state index < -0.39 is 12.0 Å². The molecule has 0 radical (unpaired) electrons. The van der Waals surface area contributed by atoms with Crippen LogP contribution in [0.1, 0.15) is 71.1 Å². The third kappa shape index (κ3) is 5.62. The van der Waals surface area contributed by atoms with Gasteiger partial charge in [0.05, 0.1) is 0 Å². The predicted molar refractivity (Wildman–Crippen MR) is 75.0 cm³/mol. The zero-order valence-corrected chi connectivity index (χ0v) is 12.1. The molecule has 0 spiro atoms. The first-order valence-electron chi connectivity index (χ1n) is 7.69. The van der Waals surface area contributed by atoms with Gasteiger partial charge < -0.3 is 10.0 Å². The largest absolute Gasteiger partial charge is 0.480 e. The van der Waals surface area contributed by atoms with E-state index in [4.69, 9.17) is 5.11 Å². The highest BCUT2D eigenvalue weighted by Crippen LogP contribution is 2.19. The smallest absolute Gasteiger partial charge is 0.326 e. The van der Waals surface area contributed by atoms with Crippen molar-refractivity contribution >= 4 is 11.9 Å². The molecule has 1 saturated heterocycles. The lowest BCUT2D eigenvalue weighted by molar-refractivity contribution is -0.152. The number of aliphatic carboxylic acids is 1. The molecule has 110 valence electrons. The van der Waals surface area contributed by atoms with Crippen molar-refractivity contribution in [1.82, 2.24) is 4.90 Å². The Morgan fingerprint density at radius 3 is 2.47 bits per heavy atom. The first kappa shape index (κ1) is 16.0. The Bertz CT molecular complexity index is 291. The third-order valence-electron chi connectivity index (χ3n) is 3.85. The van der Waals surface area contributed by atoms with Crippen LogP contribution in [0, 0.1) is 0 Å². The van der Waals surface area contributed by atoms with E-state index >= 15 is 0 Å². The highest BCUT2D eigenvalue weighted by molar-refractivity contribution is 5.83. The second-order valence-corrected chi connectivity index (χ2v) is 5.45. The zero-order valence-electron chi connectivity index (χ0n) is 12.1. The fourth-order valence-electron chi connectivity index (χ4n) is 2.69. The number of carbonyl (C=O) groups is 2. The van der Waals surface area contributed by atoms with Crippen LogP contribution < -0.4 is 0 Å². The summed E-state index contributed by atoms with van der Waals surface area (Å²) in [5, 5.41) is 9.13. The van der Waals surface area contributed by atoms with Crippen molar-refractivity contribution < 1.29 is 14.7 Å². The fourth-order valence-corrected chi connectivity index (χ4v) is 2.69. The maximum atomic E-state index is 12.1. The van der Waals surface area contributed by atoms with E-state index in [-0.39, 0.29) is 5.91 Å². The van der Waals surface area contributed by atoms with Crippen LogP contribution in [0.3, 0.4) is 0 Å². The number of likely N-dealkylation sites (tertiary alicyclic amines) is 1. The summed E-state index contributed by atoms with van der Waals surface area (Å²) < 4.78 is 0. The molecule has 0 saturated carbocycles. The lowest BCUT2D eigenvalue weighted by Crippen LogP contribution is -2.47. The van der Waals surface area contributed by atoms with Crippen LogP contribution in [-0.2, 0) is 9.59 Å². The minimum atomic E-state index is -0.851. The van der Waals surface area contributed by atoms with Gasteiger partial charge in [-0.05, 0) is 25.7 Å². The van der Waals surface area contributed by atoms with Gasteiger partial charge in [0.1, 0.15) is 6.04 Å². The van der Waals surface area contributed by atoms with Gasteiger partial charge in [-0.15, -0.1) is 0 Å². The molecule has 1 amide bonds. The Morgan fingerprint density at radius 2 is 1.79 bits per heavy atom. The molecule has 1 aliphatic rings. The third-order valence-corrected chi connectivity index (χ3v) is 3.85. The highest BCUT2D eigenvalue weighted by Gasteiger charge is 2.31. The molecule has 0 unspecified atom stereocenters. The zero-order chi connectivity index (χ0) is 14.1. The summed E-state index contributed by atoms with van der Waals surface area (Å²) in [6.07, 6.45) is 9.86. The summed E-state index contributed by atoms with van der Waals surface area (Å²) in [7, 11) is 0. The molecule has 0 aromatic heterocycles. The Kier molecular flexibility index (Phi) is 7.53. The number of rotatable bonds is 8. The van der Waals surface area contributed by atoms with E-state index in [1.807, 2.05) is 0 Å². The summed E-state index contributed by atoms with van der Waals surface area (Å²) in [6, 6.07) is -0.582. The number of hydrogen-bond donors (Lipinski definition) is 1. The fraction of sp³-hybridized carbons (Fsp3) is 0.867. The number of piperidine rings is 1. The average molecular weight is 269 g/mol. The van der Waals surface area contributed by atoms with E-state index in [1.165, 1.54) is 25.7 Å². The highest BCUT2D eigenvalue weighted by atomic mass is 16.4. The maximum Gasteiger partial charge on any atom is 0.326 e. The van der Waals surface area contributed by atoms with Crippen molar-refractivity contribution in [2.24, 2.45) is 0 Å². The van der Waals surface area contributed by atoms with Gasteiger partial charge in [-0.1, -0.05) is 39.0 Å². The maximum absolute atomic E-state index is 12.1. The summed E-state index contributed by atoms with van der Waals surface area (Å²) in [5.41, 5.74) is 0. The molecule has 1 fully saturated rings. The molecule has 1 atom stereocenters. The number of carboxylic acid groups (broad SMARTS) is 1. The SMILES string of the molecule is CCCCCCCCC(=O)N1CCCC[C@H]1C(=O)O. The Hall–Kier alpha value is -1.06. The van der Waals surface area contributed by atoms with E-state index in [1.54, 1.807) is 4.90 Å². The van der Waals surface area contributed by atoms with Gasteiger partial charge in [0, 0.05) is 13.0 Å². The molecule has 0 aromatic rings. The Labute approximate surface area is 116 Å². The van der Waals surface area contributed by atoms with Gasteiger partial charge in [0.2, 0.25) is 5.91 Å². The molecule has 4 heteroatoms. The standard InChI is InChI=1S/C15H27NO3/c1-2-3-4-5-6-7-11-14(17)16-12-9-8-10-13(16)15(18)19/h13H,2-12H2,1H3,(H,18,19)/t13-/m0/s1. The van der Waals surface area contributed by atoms with Crippen LogP contribution in [0.15, 0.2) is 0 Å². The van der Waals surface area contributed by atoms with Crippen molar-refractivity contribution in [2.45, 2.75) is 77.2 Å². The Morgan fingerprint density at radius 1 is 1.11 bits per heavy atom. The molecule has 1 heterocycles. The van der Waals surface area contributed by atoms with Gasteiger partial charge in [-0.3, -0.25) is 4.79 Å². The summed E-state index contributed by atoms with van der Waals surface area (Å²) in [5.74, 6) is -0.821. The number of hydrogen-bond acceptors (Lipinski definition) is 2.